The summed E-state index contributed by atoms with van der Waals surface area (Å²) in [5, 5.41) is 39.5. The van der Waals surface area contributed by atoms with Gasteiger partial charge in [-0.25, -0.2) is 0 Å². The molecule has 12 heteroatoms. The van der Waals surface area contributed by atoms with Gasteiger partial charge in [0.25, 0.3) is 0 Å². The molecule has 1 unspecified atom stereocenters. The van der Waals surface area contributed by atoms with Crippen LogP contribution in [-0.4, -0.2) is 78.1 Å². The van der Waals surface area contributed by atoms with Crippen molar-refractivity contribution >= 4 is 23.1 Å². The Morgan fingerprint density at radius 2 is 2.16 bits per heavy atom. The molecule has 3 N–H and O–H groups in total. The number of aromatic amines is 2. The molecule has 1 aliphatic heterocycles. The fraction of sp³-hybridized carbons (Fsp3) is 0.400. The Labute approximate surface area is 213 Å². The first-order chi connectivity index (χ1) is 18.0. The van der Waals surface area contributed by atoms with Crippen molar-refractivity contribution in [2.24, 2.45) is 0 Å². The zero-order valence-corrected chi connectivity index (χ0v) is 21.0. The smallest absolute Gasteiger partial charge is 0.242 e. The molecule has 4 aromatic heterocycles. The summed E-state index contributed by atoms with van der Waals surface area (Å²) in [6.07, 6.45) is 5.55. The van der Waals surface area contributed by atoms with Crippen LogP contribution in [0.2, 0.25) is 0 Å². The number of aromatic nitrogens is 7. The minimum absolute atomic E-state index is 0.0914. The molecule has 4 aromatic rings. The predicted molar refractivity (Wildman–Crippen MR) is 137 cm³/mol. The van der Waals surface area contributed by atoms with E-state index in [1.807, 2.05) is 38.1 Å². The minimum atomic E-state index is -0.284. The molecule has 0 aromatic carbocycles. The van der Waals surface area contributed by atoms with Crippen LogP contribution in [0.3, 0.4) is 0 Å². The van der Waals surface area contributed by atoms with Gasteiger partial charge in [-0.05, 0) is 38.6 Å². The van der Waals surface area contributed by atoms with Gasteiger partial charge in [0.1, 0.15) is 12.7 Å². The molecule has 2 bridgehead atoms. The lowest BCUT2D eigenvalue weighted by atomic mass is 10.1. The van der Waals surface area contributed by atoms with Crippen LogP contribution in [-0.2, 0) is 6.54 Å². The fourth-order valence-electron chi connectivity index (χ4n) is 4.44. The topological polar surface area (TPSA) is 154 Å². The van der Waals surface area contributed by atoms with Gasteiger partial charge < -0.3 is 14.6 Å². The average molecular weight is 504 g/mol. The number of pyridine rings is 1. The summed E-state index contributed by atoms with van der Waals surface area (Å²) in [5.74, 6) is 0.838. The van der Waals surface area contributed by atoms with E-state index in [0.717, 1.165) is 45.7 Å². The maximum atomic E-state index is 9.92. The number of hydrogen-bond donors (Lipinski definition) is 3. The Kier molecular flexibility index (Phi) is 6.89. The first-order valence-electron chi connectivity index (χ1n) is 12.2. The van der Waals surface area contributed by atoms with Crippen LogP contribution in [0.25, 0.3) is 34.3 Å². The van der Waals surface area contributed by atoms with Crippen molar-refractivity contribution in [3.05, 3.63) is 34.9 Å². The van der Waals surface area contributed by atoms with Gasteiger partial charge in [-0.15, -0.1) is 10.2 Å². The number of nitriles is 1. The molecule has 1 atom stereocenters. The third kappa shape index (κ3) is 4.66. The van der Waals surface area contributed by atoms with Crippen molar-refractivity contribution in [3.8, 4) is 29.1 Å². The molecule has 0 saturated heterocycles. The average Bonchev–Trinajstić information content (AvgIpc) is 3.59. The van der Waals surface area contributed by atoms with E-state index in [-0.39, 0.29) is 19.3 Å². The van der Waals surface area contributed by atoms with Crippen LogP contribution in [0.15, 0.2) is 12.3 Å². The number of aryl methyl sites for hydroxylation is 1. The number of aliphatic hydroxyl groups is 1. The summed E-state index contributed by atoms with van der Waals surface area (Å²) >= 11 is 0. The molecule has 5 rings (SSSR count). The summed E-state index contributed by atoms with van der Waals surface area (Å²) in [6.45, 7) is 8.01. The number of nitrogens with zero attached hydrogens (tertiary/aromatic N) is 7. The highest BCUT2D eigenvalue weighted by Gasteiger charge is 2.23. The SMILES string of the molecule is CCN1CCOc2n[nH]c(C)c2-c2cc3c(n[nH]c3cn2)/C=C/c2c(OCC#N)nn(C(C)CO)c2C1. The second kappa shape index (κ2) is 10.4. The molecule has 0 saturated carbocycles. The fourth-order valence-corrected chi connectivity index (χ4v) is 4.44. The minimum Gasteiger partial charge on any atom is -0.475 e. The molecule has 192 valence electrons. The molecule has 0 spiro atoms. The van der Waals surface area contributed by atoms with Crippen LogP contribution in [0, 0.1) is 18.3 Å². The lowest BCUT2D eigenvalue weighted by Gasteiger charge is -2.22. The van der Waals surface area contributed by atoms with Gasteiger partial charge in [0.2, 0.25) is 11.8 Å². The predicted octanol–water partition coefficient (Wildman–Crippen LogP) is 2.69. The van der Waals surface area contributed by atoms with Gasteiger partial charge in [0.15, 0.2) is 6.61 Å². The van der Waals surface area contributed by atoms with E-state index in [1.165, 1.54) is 0 Å². The van der Waals surface area contributed by atoms with E-state index in [0.29, 0.717) is 37.2 Å². The second-order valence-electron chi connectivity index (χ2n) is 8.89. The van der Waals surface area contributed by atoms with E-state index in [2.05, 4.69) is 42.3 Å². The molecule has 1 aliphatic rings. The number of H-pyrrole nitrogens is 2. The van der Waals surface area contributed by atoms with Gasteiger partial charge in [-0.3, -0.25) is 24.8 Å². The molecular weight excluding hydrogens is 474 g/mol. The molecule has 0 fully saturated rings. The second-order valence-corrected chi connectivity index (χ2v) is 8.89. The van der Waals surface area contributed by atoms with E-state index in [4.69, 9.17) is 14.7 Å². The molecule has 37 heavy (non-hydrogen) atoms. The van der Waals surface area contributed by atoms with E-state index in [1.54, 1.807) is 10.9 Å². The van der Waals surface area contributed by atoms with Crippen LogP contribution < -0.4 is 9.47 Å². The molecule has 0 amide bonds. The highest BCUT2D eigenvalue weighted by Crippen LogP contribution is 2.33. The standard InChI is InChI=1S/C25H29N9O3/c1-4-33-8-10-37-25-23(16(3)28-31-25)20-11-18-19(29-30-21(18)12-27-20)6-5-17-22(13-33)34(15(2)14-35)32-24(17)36-9-7-26/h5-6,11-12,15,35H,4,8-10,13-14H2,1-3H3,(H,28,31)(H,29,30)/b6-5+. The monoisotopic (exact) mass is 503 g/mol. The third-order valence-electron chi connectivity index (χ3n) is 6.49. The van der Waals surface area contributed by atoms with Crippen LogP contribution >= 0.6 is 0 Å². The quantitative estimate of drug-likeness (QED) is 0.373. The highest BCUT2D eigenvalue weighted by atomic mass is 16.5. The molecular formula is C25H29N9O3. The third-order valence-corrected chi connectivity index (χ3v) is 6.49. The van der Waals surface area contributed by atoms with Gasteiger partial charge in [0, 0.05) is 24.2 Å². The number of nitrogens with one attached hydrogen (secondary N) is 2. The normalized spacial score (nSPS) is 15.8. The number of ether oxygens (including phenoxy) is 2. The maximum Gasteiger partial charge on any atom is 0.242 e. The van der Waals surface area contributed by atoms with Crippen molar-refractivity contribution in [2.75, 3.05) is 32.9 Å². The Balaban J connectivity index is 1.69. The number of fused-ring (bicyclic) bond motifs is 4. The van der Waals surface area contributed by atoms with Crippen LogP contribution in [0.5, 0.6) is 11.8 Å². The van der Waals surface area contributed by atoms with Crippen LogP contribution in [0.4, 0.5) is 0 Å². The Hall–Kier alpha value is -4.21. The number of rotatable bonds is 5. The van der Waals surface area contributed by atoms with Gasteiger partial charge >= 0.3 is 0 Å². The molecule has 0 radical (unpaired) electrons. The largest absolute Gasteiger partial charge is 0.475 e. The van der Waals surface area contributed by atoms with Gasteiger partial charge in [0.05, 0.1) is 52.6 Å². The van der Waals surface area contributed by atoms with Crippen molar-refractivity contribution in [2.45, 2.75) is 33.4 Å². The van der Waals surface area contributed by atoms with Crippen molar-refractivity contribution < 1.29 is 14.6 Å². The molecule has 0 aliphatic carbocycles. The zero-order valence-electron chi connectivity index (χ0n) is 21.0. The first-order valence-corrected chi connectivity index (χ1v) is 12.2. The lowest BCUT2D eigenvalue weighted by molar-refractivity contribution is 0.192. The number of aliphatic hydroxyl groups excluding tert-OH is 1. The van der Waals surface area contributed by atoms with Crippen molar-refractivity contribution in [3.63, 3.8) is 0 Å². The summed E-state index contributed by atoms with van der Waals surface area (Å²) in [5.41, 5.74) is 5.52. The molecule has 12 nitrogen and oxygen atoms in total. The summed E-state index contributed by atoms with van der Waals surface area (Å²) in [6, 6.07) is 3.69. The van der Waals surface area contributed by atoms with Crippen molar-refractivity contribution in [1.29, 1.82) is 5.26 Å². The van der Waals surface area contributed by atoms with Crippen molar-refractivity contribution in [1.82, 2.24) is 40.1 Å². The van der Waals surface area contributed by atoms with E-state index in [9.17, 15) is 5.11 Å². The van der Waals surface area contributed by atoms with E-state index >= 15 is 0 Å². The summed E-state index contributed by atoms with van der Waals surface area (Å²) in [7, 11) is 0. The van der Waals surface area contributed by atoms with Crippen LogP contribution in [0.1, 0.15) is 42.5 Å². The maximum absolute atomic E-state index is 9.92. The Morgan fingerprint density at radius 3 is 2.95 bits per heavy atom. The highest BCUT2D eigenvalue weighted by molar-refractivity contribution is 5.92. The number of likely N-dealkylation sites (N-methyl/N-ethyl adjacent to an activating group) is 1. The Bertz CT molecular complexity index is 1480. The van der Waals surface area contributed by atoms with Gasteiger partial charge in [-0.1, -0.05) is 6.92 Å². The van der Waals surface area contributed by atoms with E-state index < -0.39 is 0 Å². The Morgan fingerprint density at radius 1 is 1.30 bits per heavy atom. The molecule has 5 heterocycles. The first kappa shape index (κ1) is 24.5. The summed E-state index contributed by atoms with van der Waals surface area (Å²) < 4.78 is 13.6. The van der Waals surface area contributed by atoms with Gasteiger partial charge in [-0.2, -0.15) is 10.4 Å². The number of hydrogen-bond acceptors (Lipinski definition) is 9. The summed E-state index contributed by atoms with van der Waals surface area (Å²) in [4.78, 5) is 6.83. The zero-order chi connectivity index (χ0) is 25.9. The lowest BCUT2D eigenvalue weighted by Crippen LogP contribution is -2.30.